The molecule has 0 unspecified atom stereocenters. The average molecular weight is 679 g/mol. The van der Waals surface area contributed by atoms with E-state index in [1.807, 2.05) is 36.4 Å². The predicted octanol–water partition coefficient (Wildman–Crippen LogP) is 5.35. The van der Waals surface area contributed by atoms with Crippen molar-refractivity contribution in [3.05, 3.63) is 146 Å². The molecule has 0 aliphatic carbocycles. The van der Waals surface area contributed by atoms with Gasteiger partial charge >= 0.3 is 19.5 Å². The Bertz CT molecular complexity index is 1920. The van der Waals surface area contributed by atoms with Crippen molar-refractivity contribution >= 4 is 65.4 Å². The van der Waals surface area contributed by atoms with Crippen LogP contribution in [-0.2, 0) is 19.5 Å². The topological polar surface area (TPSA) is 77.3 Å². The maximum absolute atomic E-state index is 4.35. The summed E-state index contributed by atoms with van der Waals surface area (Å²) < 4.78 is 0. The Hall–Kier alpha value is -4.97. The molecule has 0 atom stereocenters. The molecular weight excluding hydrogens is 655 g/mol. The average Bonchev–Trinajstić information content (AvgIpc) is 3.09. The standard InChI is InChI=1S/3C12H8N2.ClH.Rh/c3*1-3-9-5-6-10-4-2-8-14-12(10)11(9)13-7-1;;/h3*1-8H;1H;/q;;;;+3/p-1. The Morgan fingerprint density at radius 2 is 0.409 bits per heavy atom. The molecule has 0 saturated carbocycles. The summed E-state index contributed by atoms with van der Waals surface area (Å²) in [5, 5.41) is 6.83. The minimum atomic E-state index is 0. The van der Waals surface area contributed by atoms with Crippen LogP contribution in [0.3, 0.4) is 0 Å². The molecule has 0 bridgehead atoms. The Morgan fingerprint density at radius 1 is 0.250 bits per heavy atom. The summed E-state index contributed by atoms with van der Waals surface area (Å²) >= 11 is 0. The molecule has 6 aromatic heterocycles. The molecule has 0 aliphatic rings. The fourth-order valence-corrected chi connectivity index (χ4v) is 5.04. The van der Waals surface area contributed by atoms with Gasteiger partial charge in [-0.05, 0) is 36.4 Å². The van der Waals surface area contributed by atoms with Gasteiger partial charge in [-0.1, -0.05) is 72.8 Å². The van der Waals surface area contributed by atoms with E-state index in [4.69, 9.17) is 0 Å². The van der Waals surface area contributed by atoms with Crippen molar-refractivity contribution in [1.29, 1.82) is 0 Å². The Morgan fingerprint density at radius 3 is 0.568 bits per heavy atom. The smallest absolute Gasteiger partial charge is 1.00 e. The van der Waals surface area contributed by atoms with Crippen LogP contribution in [0.5, 0.6) is 0 Å². The van der Waals surface area contributed by atoms with Crippen LogP contribution in [0.4, 0.5) is 0 Å². The van der Waals surface area contributed by atoms with Crippen LogP contribution < -0.4 is 12.4 Å². The molecule has 0 amide bonds. The summed E-state index contributed by atoms with van der Waals surface area (Å²) in [5.41, 5.74) is 5.86. The molecule has 6 nitrogen and oxygen atoms in total. The second-order valence-corrected chi connectivity index (χ2v) is 9.65. The molecule has 6 heterocycles. The zero-order chi connectivity index (χ0) is 28.1. The van der Waals surface area contributed by atoms with Crippen molar-refractivity contribution in [2.45, 2.75) is 0 Å². The van der Waals surface area contributed by atoms with Gasteiger partial charge in [0.05, 0.1) is 33.1 Å². The van der Waals surface area contributed by atoms with Crippen LogP contribution in [0, 0.1) is 0 Å². The fraction of sp³-hybridized carbons (Fsp3) is 0. The largest absolute Gasteiger partial charge is 3.00 e. The number of hydrogen-bond acceptors (Lipinski definition) is 6. The first-order valence-corrected chi connectivity index (χ1v) is 13.6. The van der Waals surface area contributed by atoms with E-state index < -0.39 is 0 Å². The normalized spacial score (nSPS) is 10.4. The molecular formula is C36H24ClN6Rh+2. The third-order valence-corrected chi connectivity index (χ3v) is 7.03. The Kier molecular flexibility index (Phi) is 9.70. The number of halogens is 1. The first-order chi connectivity index (χ1) is 20.8. The minimum Gasteiger partial charge on any atom is -1.00 e. The molecule has 212 valence electrons. The second-order valence-electron chi connectivity index (χ2n) is 9.65. The molecule has 0 aliphatic heterocycles. The SMILES string of the molecule is [Cl-].[Rh+3].c1cnc2c(c1)ccc1cccnc12.c1cnc2c(c1)ccc1cccnc12.c1cnc2c(c1)ccc1cccnc12. The zero-order valence-corrected chi connectivity index (χ0v) is 25.6. The van der Waals surface area contributed by atoms with Crippen LogP contribution in [0.2, 0.25) is 0 Å². The van der Waals surface area contributed by atoms with Gasteiger partial charge in [-0.25, -0.2) is 0 Å². The van der Waals surface area contributed by atoms with Gasteiger partial charge in [0, 0.05) is 69.5 Å². The number of rotatable bonds is 0. The Balaban J connectivity index is 0.000000128. The van der Waals surface area contributed by atoms with Crippen molar-refractivity contribution in [3.63, 3.8) is 0 Å². The first-order valence-electron chi connectivity index (χ1n) is 13.6. The van der Waals surface area contributed by atoms with Crippen molar-refractivity contribution in [1.82, 2.24) is 29.9 Å². The molecule has 0 N–H and O–H groups in total. The van der Waals surface area contributed by atoms with Crippen LogP contribution in [0.25, 0.3) is 65.4 Å². The third kappa shape index (κ3) is 6.20. The quantitative estimate of drug-likeness (QED) is 0.159. The maximum atomic E-state index is 4.35. The van der Waals surface area contributed by atoms with E-state index in [-0.39, 0.29) is 31.9 Å². The molecule has 3 aromatic carbocycles. The summed E-state index contributed by atoms with van der Waals surface area (Å²) in [6.07, 6.45) is 10.8. The van der Waals surface area contributed by atoms with E-state index in [2.05, 4.69) is 103 Å². The van der Waals surface area contributed by atoms with E-state index in [1.54, 1.807) is 37.2 Å². The summed E-state index contributed by atoms with van der Waals surface area (Å²) in [5.74, 6) is 0. The molecule has 44 heavy (non-hydrogen) atoms. The Labute approximate surface area is 272 Å². The molecule has 9 rings (SSSR count). The summed E-state index contributed by atoms with van der Waals surface area (Å²) in [7, 11) is 0. The van der Waals surface area contributed by atoms with E-state index in [0.717, 1.165) is 65.4 Å². The van der Waals surface area contributed by atoms with Gasteiger partial charge in [-0.15, -0.1) is 0 Å². The summed E-state index contributed by atoms with van der Waals surface area (Å²) in [6.45, 7) is 0. The van der Waals surface area contributed by atoms with E-state index >= 15 is 0 Å². The van der Waals surface area contributed by atoms with Crippen LogP contribution in [0.15, 0.2) is 146 Å². The van der Waals surface area contributed by atoms with Gasteiger partial charge in [0.2, 0.25) is 0 Å². The summed E-state index contributed by atoms with van der Waals surface area (Å²) in [6, 6.07) is 36.4. The van der Waals surface area contributed by atoms with Gasteiger partial charge in [0.15, 0.2) is 0 Å². The monoisotopic (exact) mass is 678 g/mol. The number of benzene rings is 3. The third-order valence-electron chi connectivity index (χ3n) is 7.03. The van der Waals surface area contributed by atoms with Crippen molar-refractivity contribution < 1.29 is 31.9 Å². The maximum Gasteiger partial charge on any atom is 3.00 e. The molecule has 9 aromatic rings. The minimum absolute atomic E-state index is 0. The van der Waals surface area contributed by atoms with Gasteiger partial charge in [-0.3, -0.25) is 29.9 Å². The molecule has 0 fully saturated rings. The van der Waals surface area contributed by atoms with E-state index in [9.17, 15) is 0 Å². The van der Waals surface area contributed by atoms with Crippen molar-refractivity contribution in [2.24, 2.45) is 0 Å². The van der Waals surface area contributed by atoms with Crippen molar-refractivity contribution in [2.75, 3.05) is 0 Å². The molecule has 8 heteroatoms. The van der Waals surface area contributed by atoms with Gasteiger partial charge in [-0.2, -0.15) is 0 Å². The van der Waals surface area contributed by atoms with Crippen molar-refractivity contribution in [3.8, 4) is 0 Å². The molecule has 0 saturated heterocycles. The zero-order valence-electron chi connectivity index (χ0n) is 23.3. The number of aromatic nitrogens is 6. The van der Waals surface area contributed by atoms with E-state index in [1.165, 1.54) is 0 Å². The van der Waals surface area contributed by atoms with Gasteiger partial charge in [0.1, 0.15) is 0 Å². The number of pyridine rings is 6. The van der Waals surface area contributed by atoms with E-state index in [0.29, 0.717) is 0 Å². The number of nitrogens with zero attached hydrogens (tertiary/aromatic N) is 6. The number of fused-ring (bicyclic) bond motifs is 9. The van der Waals surface area contributed by atoms with Gasteiger partial charge < -0.3 is 12.4 Å². The first kappa shape index (κ1) is 30.5. The molecule has 0 radical (unpaired) electrons. The van der Waals surface area contributed by atoms with Crippen LogP contribution >= 0.6 is 0 Å². The second kappa shape index (κ2) is 14.0. The number of hydrogen-bond donors (Lipinski definition) is 0. The van der Waals surface area contributed by atoms with Crippen LogP contribution in [-0.4, -0.2) is 29.9 Å². The molecule has 0 spiro atoms. The van der Waals surface area contributed by atoms with Crippen LogP contribution in [0.1, 0.15) is 0 Å². The fourth-order valence-electron chi connectivity index (χ4n) is 5.04. The predicted molar refractivity (Wildman–Crippen MR) is 171 cm³/mol. The summed E-state index contributed by atoms with van der Waals surface area (Å²) in [4.78, 5) is 26.1. The van der Waals surface area contributed by atoms with Gasteiger partial charge in [0.25, 0.3) is 0 Å².